The lowest BCUT2D eigenvalue weighted by atomic mass is 9.85. The van der Waals surface area contributed by atoms with Crippen molar-refractivity contribution in [2.75, 3.05) is 0 Å². The van der Waals surface area contributed by atoms with Crippen LogP contribution in [-0.4, -0.2) is 4.83 Å². The van der Waals surface area contributed by atoms with Crippen LogP contribution in [0, 0.1) is 19.8 Å². The molecule has 0 aliphatic heterocycles. The van der Waals surface area contributed by atoms with E-state index in [0.717, 1.165) is 5.92 Å². The number of halogens is 1. The fourth-order valence-corrected chi connectivity index (χ4v) is 3.87. The van der Waals surface area contributed by atoms with Crippen LogP contribution in [0.4, 0.5) is 0 Å². The predicted molar refractivity (Wildman–Crippen MR) is 88.1 cm³/mol. The molecule has 0 aromatic heterocycles. The van der Waals surface area contributed by atoms with E-state index in [9.17, 15) is 0 Å². The van der Waals surface area contributed by atoms with Crippen molar-refractivity contribution >= 4 is 15.9 Å². The highest BCUT2D eigenvalue weighted by atomic mass is 79.9. The third-order valence-corrected chi connectivity index (χ3v) is 5.34. The summed E-state index contributed by atoms with van der Waals surface area (Å²) in [7, 11) is 0. The van der Waals surface area contributed by atoms with Crippen molar-refractivity contribution < 1.29 is 0 Å². The summed E-state index contributed by atoms with van der Waals surface area (Å²) in [5.41, 5.74) is 4.34. The minimum absolute atomic E-state index is 0.648. The summed E-state index contributed by atoms with van der Waals surface area (Å²) < 4.78 is 0. The van der Waals surface area contributed by atoms with Gasteiger partial charge in [-0.25, -0.2) is 0 Å². The van der Waals surface area contributed by atoms with Gasteiger partial charge in [-0.1, -0.05) is 71.8 Å². The highest BCUT2D eigenvalue weighted by molar-refractivity contribution is 9.09. The maximum Gasteiger partial charge on any atom is 0.0186 e. The molecule has 0 saturated heterocycles. The van der Waals surface area contributed by atoms with Crippen LogP contribution in [0.25, 0.3) is 0 Å². The molecule has 1 aromatic rings. The lowest BCUT2D eigenvalue weighted by molar-refractivity contribution is 0.331. The molecule has 0 amide bonds. The van der Waals surface area contributed by atoms with Gasteiger partial charge in [0.1, 0.15) is 0 Å². The molecular formula is C18H27Br. The van der Waals surface area contributed by atoms with E-state index in [1.54, 1.807) is 0 Å². The van der Waals surface area contributed by atoms with E-state index in [-0.39, 0.29) is 0 Å². The molecule has 1 unspecified atom stereocenters. The van der Waals surface area contributed by atoms with Crippen LogP contribution < -0.4 is 0 Å². The molecular weight excluding hydrogens is 296 g/mol. The van der Waals surface area contributed by atoms with Gasteiger partial charge in [-0.15, -0.1) is 0 Å². The Morgan fingerprint density at radius 1 is 1.16 bits per heavy atom. The molecule has 0 nitrogen and oxygen atoms in total. The summed E-state index contributed by atoms with van der Waals surface area (Å²) in [6, 6.07) is 6.82. The fourth-order valence-electron chi connectivity index (χ4n) is 3.25. The molecule has 0 radical (unpaired) electrons. The summed E-state index contributed by atoms with van der Waals surface area (Å²) >= 11 is 3.90. The number of alkyl halides is 1. The maximum atomic E-state index is 3.90. The maximum absolute atomic E-state index is 3.90. The first-order chi connectivity index (χ1) is 9.15. The molecule has 0 spiro atoms. The quantitative estimate of drug-likeness (QED) is 0.586. The van der Waals surface area contributed by atoms with Crippen LogP contribution in [0.15, 0.2) is 18.2 Å². The average molecular weight is 323 g/mol. The molecule has 1 atom stereocenters. The summed E-state index contributed by atoms with van der Waals surface area (Å²) in [6.45, 7) is 4.42. The lowest BCUT2D eigenvalue weighted by Crippen LogP contribution is -2.11. The topological polar surface area (TPSA) is 0 Å². The standard InChI is InChI=1S/C18H27Br/c1-14-8-9-15(2)17(12-14)13-18(19)11-10-16-6-4-3-5-7-16/h8-9,12,16,18H,3-7,10-11,13H2,1-2H3. The number of benzene rings is 1. The highest BCUT2D eigenvalue weighted by Gasteiger charge is 2.15. The summed E-state index contributed by atoms with van der Waals surface area (Å²) in [4.78, 5) is 0.648. The first-order valence-electron chi connectivity index (χ1n) is 7.85. The predicted octanol–water partition coefficient (Wildman–Crippen LogP) is 5.97. The first-order valence-corrected chi connectivity index (χ1v) is 8.77. The van der Waals surface area contributed by atoms with Gasteiger partial charge >= 0.3 is 0 Å². The fraction of sp³-hybridized carbons (Fsp3) is 0.667. The number of hydrogen-bond donors (Lipinski definition) is 0. The molecule has 1 fully saturated rings. The van der Waals surface area contributed by atoms with E-state index >= 15 is 0 Å². The van der Waals surface area contributed by atoms with Crippen LogP contribution in [0.5, 0.6) is 0 Å². The number of rotatable bonds is 5. The lowest BCUT2D eigenvalue weighted by Gasteiger charge is -2.22. The second-order valence-corrected chi connectivity index (χ2v) is 7.61. The third-order valence-electron chi connectivity index (χ3n) is 4.56. The Bertz CT molecular complexity index is 391. The monoisotopic (exact) mass is 322 g/mol. The summed E-state index contributed by atoms with van der Waals surface area (Å²) in [6.07, 6.45) is 11.3. The van der Waals surface area contributed by atoms with E-state index in [0.29, 0.717) is 4.83 Å². The Labute approximate surface area is 127 Å². The third kappa shape index (κ3) is 4.95. The average Bonchev–Trinajstić information content (AvgIpc) is 2.42. The minimum atomic E-state index is 0.648. The van der Waals surface area contributed by atoms with Gasteiger partial charge in [-0.2, -0.15) is 0 Å². The van der Waals surface area contributed by atoms with E-state index < -0.39 is 0 Å². The van der Waals surface area contributed by atoms with Gasteiger partial charge in [-0.05, 0) is 50.2 Å². The largest absolute Gasteiger partial charge is 0.0887 e. The number of hydrogen-bond acceptors (Lipinski definition) is 0. The molecule has 19 heavy (non-hydrogen) atoms. The van der Waals surface area contributed by atoms with E-state index in [4.69, 9.17) is 0 Å². The molecule has 2 rings (SSSR count). The van der Waals surface area contributed by atoms with E-state index in [1.807, 2.05) is 0 Å². The van der Waals surface area contributed by atoms with E-state index in [1.165, 1.54) is 68.1 Å². The Balaban J connectivity index is 1.80. The Morgan fingerprint density at radius 2 is 1.89 bits per heavy atom. The minimum Gasteiger partial charge on any atom is -0.0887 e. The molecule has 1 aliphatic carbocycles. The van der Waals surface area contributed by atoms with E-state index in [2.05, 4.69) is 48.0 Å². The molecule has 1 aromatic carbocycles. The summed E-state index contributed by atoms with van der Waals surface area (Å²) in [5, 5.41) is 0. The molecule has 0 N–H and O–H groups in total. The van der Waals surface area contributed by atoms with Gasteiger partial charge in [0.2, 0.25) is 0 Å². The van der Waals surface area contributed by atoms with Crippen molar-refractivity contribution in [3.63, 3.8) is 0 Å². The normalized spacial score (nSPS) is 18.5. The zero-order valence-corrected chi connectivity index (χ0v) is 14.0. The Morgan fingerprint density at radius 3 is 2.63 bits per heavy atom. The van der Waals surface area contributed by atoms with Crippen molar-refractivity contribution in [2.45, 2.75) is 70.0 Å². The first kappa shape index (κ1) is 15.1. The van der Waals surface area contributed by atoms with Crippen molar-refractivity contribution in [1.82, 2.24) is 0 Å². The summed E-state index contributed by atoms with van der Waals surface area (Å²) in [5.74, 6) is 1.01. The zero-order valence-electron chi connectivity index (χ0n) is 12.4. The van der Waals surface area contributed by atoms with Crippen LogP contribution in [-0.2, 0) is 6.42 Å². The Hall–Kier alpha value is -0.300. The van der Waals surface area contributed by atoms with Gasteiger partial charge in [0.05, 0.1) is 0 Å². The molecule has 1 saturated carbocycles. The van der Waals surface area contributed by atoms with Gasteiger partial charge < -0.3 is 0 Å². The van der Waals surface area contributed by atoms with Gasteiger partial charge in [0, 0.05) is 4.83 Å². The van der Waals surface area contributed by atoms with Crippen LogP contribution in [0.3, 0.4) is 0 Å². The SMILES string of the molecule is Cc1ccc(C)c(CC(Br)CCC2CCCCC2)c1. The van der Waals surface area contributed by atoms with Gasteiger partial charge in [-0.3, -0.25) is 0 Å². The smallest absolute Gasteiger partial charge is 0.0186 e. The van der Waals surface area contributed by atoms with Crippen molar-refractivity contribution in [1.29, 1.82) is 0 Å². The number of aryl methyl sites for hydroxylation is 2. The van der Waals surface area contributed by atoms with Crippen molar-refractivity contribution in [2.24, 2.45) is 5.92 Å². The molecule has 0 bridgehead atoms. The van der Waals surface area contributed by atoms with Gasteiger partial charge in [0.15, 0.2) is 0 Å². The van der Waals surface area contributed by atoms with Crippen molar-refractivity contribution in [3.05, 3.63) is 34.9 Å². The molecule has 1 aliphatic rings. The van der Waals surface area contributed by atoms with Crippen LogP contribution in [0.2, 0.25) is 0 Å². The zero-order chi connectivity index (χ0) is 13.7. The Kier molecular flexibility index (Phi) is 5.94. The second kappa shape index (κ2) is 7.47. The van der Waals surface area contributed by atoms with Gasteiger partial charge in [0.25, 0.3) is 0 Å². The second-order valence-electron chi connectivity index (χ2n) is 6.31. The molecule has 0 heterocycles. The molecule has 1 heteroatoms. The highest BCUT2D eigenvalue weighted by Crippen LogP contribution is 2.29. The van der Waals surface area contributed by atoms with Crippen LogP contribution in [0.1, 0.15) is 61.6 Å². The van der Waals surface area contributed by atoms with Crippen molar-refractivity contribution in [3.8, 4) is 0 Å². The molecule has 106 valence electrons. The van der Waals surface area contributed by atoms with Crippen LogP contribution >= 0.6 is 15.9 Å².